The summed E-state index contributed by atoms with van der Waals surface area (Å²) in [6.45, 7) is -0.465. The van der Waals surface area contributed by atoms with Gasteiger partial charge in [0.25, 0.3) is 5.56 Å². The second-order valence-electron chi connectivity index (χ2n) is 4.38. The van der Waals surface area contributed by atoms with Gasteiger partial charge in [0.2, 0.25) is 5.28 Å². The molecule has 1 aliphatic rings. The second kappa shape index (κ2) is 4.79. The second-order valence-corrected chi connectivity index (χ2v) is 4.72. The number of halogens is 1. The lowest BCUT2D eigenvalue weighted by Gasteiger charge is -2.17. The fraction of sp³-hybridized carbons (Fsp3) is 0.500. The average molecular weight is 303 g/mol. The van der Waals surface area contributed by atoms with Crippen LogP contribution in [0.4, 0.5) is 0 Å². The first kappa shape index (κ1) is 13.5. The predicted octanol–water partition coefficient (Wildman–Crippen LogP) is -1.62. The molecule has 4 atom stereocenters. The fourth-order valence-electron chi connectivity index (χ4n) is 2.21. The van der Waals surface area contributed by atoms with Gasteiger partial charge < -0.3 is 25.0 Å². The molecule has 1 fully saturated rings. The quantitative estimate of drug-likeness (QED) is 0.490. The molecule has 9 nitrogen and oxygen atoms in total. The standard InChI is InChI=1S/C10H11ClN4O5/c11-10-14-4-7(12-2-13-8(4)19)15(10)9-6(18)5(17)3(1-16)20-9/h2-3,5-6,9,16-18H,1H2,(H,12,13,19)/t3-,5+,6?,9-/m0/s1. The lowest BCUT2D eigenvalue weighted by atomic mass is 10.1. The molecule has 1 unspecified atom stereocenters. The maximum absolute atomic E-state index is 11.6. The molecule has 3 rings (SSSR count). The van der Waals surface area contributed by atoms with Crippen molar-refractivity contribution in [2.24, 2.45) is 0 Å². The summed E-state index contributed by atoms with van der Waals surface area (Å²) in [5.41, 5.74) is -0.369. The van der Waals surface area contributed by atoms with Crippen LogP contribution in [-0.2, 0) is 4.74 Å². The van der Waals surface area contributed by atoms with E-state index in [1.54, 1.807) is 0 Å². The number of rotatable bonds is 2. The summed E-state index contributed by atoms with van der Waals surface area (Å²) >= 11 is 5.95. The average Bonchev–Trinajstić information content (AvgIpc) is 2.90. The number of aliphatic hydroxyl groups excluding tert-OH is 3. The Morgan fingerprint density at radius 2 is 2.20 bits per heavy atom. The van der Waals surface area contributed by atoms with Gasteiger partial charge in [-0.1, -0.05) is 0 Å². The van der Waals surface area contributed by atoms with Crippen LogP contribution in [0.3, 0.4) is 0 Å². The molecule has 4 N–H and O–H groups in total. The minimum absolute atomic E-state index is 0.00441. The van der Waals surface area contributed by atoms with Crippen LogP contribution in [0, 0.1) is 0 Å². The largest absolute Gasteiger partial charge is 0.394 e. The number of nitrogens with zero attached hydrogens (tertiary/aromatic N) is 3. The Bertz CT molecular complexity index is 701. The third-order valence-corrected chi connectivity index (χ3v) is 3.48. The van der Waals surface area contributed by atoms with Crippen LogP contribution in [0.2, 0.25) is 5.28 Å². The van der Waals surface area contributed by atoms with Gasteiger partial charge in [-0.25, -0.2) is 9.97 Å². The fourth-order valence-corrected chi connectivity index (χ4v) is 2.47. The first-order valence-corrected chi connectivity index (χ1v) is 6.16. The van der Waals surface area contributed by atoms with E-state index in [9.17, 15) is 15.0 Å². The maximum atomic E-state index is 11.6. The van der Waals surface area contributed by atoms with Gasteiger partial charge in [0.1, 0.15) is 18.3 Å². The summed E-state index contributed by atoms with van der Waals surface area (Å²) in [5, 5.41) is 28.7. The van der Waals surface area contributed by atoms with Gasteiger partial charge in [-0.2, -0.15) is 0 Å². The summed E-state index contributed by atoms with van der Waals surface area (Å²) < 4.78 is 6.55. The molecule has 0 saturated carbocycles. The van der Waals surface area contributed by atoms with Crippen LogP contribution in [0.5, 0.6) is 0 Å². The Hall–Kier alpha value is -1.52. The highest BCUT2D eigenvalue weighted by atomic mass is 35.5. The molecule has 2 aromatic heterocycles. The van der Waals surface area contributed by atoms with Crippen molar-refractivity contribution in [1.82, 2.24) is 19.5 Å². The van der Waals surface area contributed by atoms with Gasteiger partial charge in [-0.3, -0.25) is 9.36 Å². The zero-order valence-corrected chi connectivity index (χ0v) is 10.7. The number of aromatic nitrogens is 4. The Balaban J connectivity index is 2.14. The Kier molecular flexibility index (Phi) is 3.22. The van der Waals surface area contributed by atoms with E-state index >= 15 is 0 Å². The smallest absolute Gasteiger partial charge is 0.278 e. The van der Waals surface area contributed by atoms with Crippen molar-refractivity contribution in [2.75, 3.05) is 6.61 Å². The van der Waals surface area contributed by atoms with E-state index in [4.69, 9.17) is 21.4 Å². The number of hydrogen-bond acceptors (Lipinski definition) is 7. The molecule has 0 bridgehead atoms. The first-order valence-electron chi connectivity index (χ1n) is 5.78. The van der Waals surface area contributed by atoms with Crippen molar-refractivity contribution in [2.45, 2.75) is 24.5 Å². The number of ether oxygens (including phenoxy) is 1. The van der Waals surface area contributed by atoms with Crippen LogP contribution >= 0.6 is 11.6 Å². The molecule has 0 aromatic carbocycles. The Morgan fingerprint density at radius 1 is 1.45 bits per heavy atom. The molecule has 10 heteroatoms. The van der Waals surface area contributed by atoms with Gasteiger partial charge in [-0.05, 0) is 11.6 Å². The van der Waals surface area contributed by atoms with Gasteiger partial charge in [0, 0.05) is 0 Å². The van der Waals surface area contributed by atoms with E-state index in [0.29, 0.717) is 0 Å². The van der Waals surface area contributed by atoms with Crippen LogP contribution < -0.4 is 5.56 Å². The van der Waals surface area contributed by atoms with E-state index in [2.05, 4.69) is 15.0 Å². The first-order chi connectivity index (χ1) is 9.54. The lowest BCUT2D eigenvalue weighted by molar-refractivity contribution is -0.0509. The highest BCUT2D eigenvalue weighted by molar-refractivity contribution is 6.29. The van der Waals surface area contributed by atoms with E-state index in [0.717, 1.165) is 0 Å². The van der Waals surface area contributed by atoms with Crippen molar-refractivity contribution >= 4 is 22.8 Å². The SMILES string of the molecule is O=c1[nH]cnc2c1nc(Cl)n2[C@H]1O[C@@H](CO)[C@@H](O)C1O. The van der Waals surface area contributed by atoms with E-state index in [1.807, 2.05) is 0 Å². The predicted molar refractivity (Wildman–Crippen MR) is 66.2 cm³/mol. The molecule has 0 aliphatic carbocycles. The Labute approximate surface area is 116 Å². The van der Waals surface area contributed by atoms with Gasteiger partial charge in [0.05, 0.1) is 12.9 Å². The monoisotopic (exact) mass is 302 g/mol. The summed E-state index contributed by atoms with van der Waals surface area (Å²) in [5.74, 6) is 0. The van der Waals surface area contributed by atoms with Gasteiger partial charge in [-0.15, -0.1) is 0 Å². The number of aliphatic hydroxyl groups is 3. The van der Waals surface area contributed by atoms with Gasteiger partial charge >= 0.3 is 0 Å². The minimum atomic E-state index is -1.33. The maximum Gasteiger partial charge on any atom is 0.278 e. The molecule has 0 spiro atoms. The topological polar surface area (TPSA) is 133 Å². The molecule has 1 saturated heterocycles. The molecule has 0 amide bonds. The molecule has 1 aliphatic heterocycles. The van der Waals surface area contributed by atoms with E-state index in [-0.39, 0.29) is 16.4 Å². The molecular formula is C10H11ClN4O5. The van der Waals surface area contributed by atoms with E-state index < -0.39 is 36.7 Å². The molecule has 20 heavy (non-hydrogen) atoms. The molecule has 108 valence electrons. The number of hydrogen-bond donors (Lipinski definition) is 4. The van der Waals surface area contributed by atoms with Crippen LogP contribution in [0.1, 0.15) is 6.23 Å². The number of imidazole rings is 1. The van der Waals surface area contributed by atoms with Crippen molar-refractivity contribution in [3.8, 4) is 0 Å². The highest BCUT2D eigenvalue weighted by Gasteiger charge is 2.44. The van der Waals surface area contributed by atoms with Crippen LogP contribution in [0.15, 0.2) is 11.1 Å². The number of H-pyrrole nitrogens is 1. The highest BCUT2D eigenvalue weighted by Crippen LogP contribution is 2.33. The van der Waals surface area contributed by atoms with Gasteiger partial charge in [0.15, 0.2) is 17.4 Å². The minimum Gasteiger partial charge on any atom is -0.394 e. The third-order valence-electron chi connectivity index (χ3n) is 3.21. The summed E-state index contributed by atoms with van der Waals surface area (Å²) in [6, 6.07) is 0. The number of fused-ring (bicyclic) bond motifs is 1. The Morgan fingerprint density at radius 3 is 2.85 bits per heavy atom. The van der Waals surface area contributed by atoms with Crippen LogP contribution in [0.25, 0.3) is 11.2 Å². The summed E-state index contributed by atoms with van der Waals surface area (Å²) in [7, 11) is 0. The normalized spacial score (nSPS) is 30.2. The zero-order chi connectivity index (χ0) is 14.4. The molecule has 3 heterocycles. The van der Waals surface area contributed by atoms with Crippen molar-refractivity contribution in [3.63, 3.8) is 0 Å². The number of aromatic amines is 1. The third kappa shape index (κ3) is 1.83. The van der Waals surface area contributed by atoms with Crippen molar-refractivity contribution in [1.29, 1.82) is 0 Å². The molecule has 2 aromatic rings. The van der Waals surface area contributed by atoms with Crippen molar-refractivity contribution < 1.29 is 20.1 Å². The van der Waals surface area contributed by atoms with E-state index in [1.165, 1.54) is 10.9 Å². The lowest BCUT2D eigenvalue weighted by Crippen LogP contribution is -2.33. The molecule has 0 radical (unpaired) electrons. The van der Waals surface area contributed by atoms with Crippen molar-refractivity contribution in [3.05, 3.63) is 22.0 Å². The summed E-state index contributed by atoms with van der Waals surface area (Å²) in [6.07, 6.45) is -3.48. The summed E-state index contributed by atoms with van der Waals surface area (Å²) in [4.78, 5) is 21.8. The van der Waals surface area contributed by atoms with Crippen LogP contribution in [-0.4, -0.2) is 59.8 Å². The zero-order valence-electron chi connectivity index (χ0n) is 9.97. The number of nitrogens with one attached hydrogen (secondary N) is 1. The molecular weight excluding hydrogens is 292 g/mol.